The Morgan fingerprint density at radius 2 is 1.70 bits per heavy atom. The summed E-state index contributed by atoms with van der Waals surface area (Å²) in [6.07, 6.45) is -4.85. The monoisotopic (exact) mass is 529 g/mol. The Hall–Kier alpha value is -3.99. The SMILES string of the molecule is COc1ccccc1N1C(=O)C[C@H](SC(=NCc2ccccc2)Nc2ccc(OC(F)(F)F)cc2)C1=O. The molecule has 192 valence electrons. The van der Waals surface area contributed by atoms with Gasteiger partial charge in [-0.05, 0) is 42.0 Å². The highest BCUT2D eigenvalue weighted by Crippen LogP contribution is 2.36. The predicted molar refractivity (Wildman–Crippen MR) is 136 cm³/mol. The van der Waals surface area contributed by atoms with Crippen LogP contribution < -0.4 is 19.7 Å². The Morgan fingerprint density at radius 3 is 2.38 bits per heavy atom. The van der Waals surface area contributed by atoms with Crippen LogP contribution in [0.4, 0.5) is 24.5 Å². The lowest BCUT2D eigenvalue weighted by atomic mass is 10.2. The highest BCUT2D eigenvalue weighted by Gasteiger charge is 2.42. The van der Waals surface area contributed by atoms with Crippen molar-refractivity contribution < 1.29 is 32.2 Å². The second-order valence-corrected chi connectivity index (χ2v) is 9.05. The van der Waals surface area contributed by atoms with Crippen molar-refractivity contribution in [1.29, 1.82) is 0 Å². The van der Waals surface area contributed by atoms with Crippen LogP contribution in [-0.4, -0.2) is 35.7 Å². The average molecular weight is 530 g/mol. The molecule has 4 rings (SSSR count). The number of nitrogens with zero attached hydrogens (tertiary/aromatic N) is 2. The molecule has 1 aliphatic rings. The van der Waals surface area contributed by atoms with Crippen LogP contribution in [0.25, 0.3) is 0 Å². The summed E-state index contributed by atoms with van der Waals surface area (Å²) in [6.45, 7) is 0.288. The molecule has 1 aliphatic heterocycles. The van der Waals surface area contributed by atoms with Gasteiger partial charge in [-0.2, -0.15) is 0 Å². The molecular formula is C26H22F3N3O4S. The van der Waals surface area contributed by atoms with Crippen molar-refractivity contribution in [2.75, 3.05) is 17.3 Å². The van der Waals surface area contributed by atoms with E-state index < -0.39 is 17.5 Å². The van der Waals surface area contributed by atoms with E-state index in [4.69, 9.17) is 4.74 Å². The Balaban J connectivity index is 1.54. The summed E-state index contributed by atoms with van der Waals surface area (Å²) in [5.41, 5.74) is 1.71. The summed E-state index contributed by atoms with van der Waals surface area (Å²) in [4.78, 5) is 31.7. The fourth-order valence-electron chi connectivity index (χ4n) is 3.61. The van der Waals surface area contributed by atoms with Crippen LogP contribution in [-0.2, 0) is 16.1 Å². The third-order valence-electron chi connectivity index (χ3n) is 5.27. The molecule has 1 atom stereocenters. The van der Waals surface area contributed by atoms with Crippen molar-refractivity contribution in [3.05, 3.63) is 84.4 Å². The van der Waals surface area contributed by atoms with Gasteiger partial charge < -0.3 is 14.8 Å². The molecular weight excluding hydrogens is 507 g/mol. The lowest BCUT2D eigenvalue weighted by molar-refractivity contribution is -0.274. The minimum Gasteiger partial charge on any atom is -0.495 e. The molecule has 7 nitrogen and oxygen atoms in total. The van der Waals surface area contributed by atoms with Crippen molar-refractivity contribution in [3.8, 4) is 11.5 Å². The molecule has 11 heteroatoms. The predicted octanol–water partition coefficient (Wildman–Crippen LogP) is 5.63. The lowest BCUT2D eigenvalue weighted by Gasteiger charge is -2.18. The number of alkyl halides is 3. The number of rotatable bonds is 7. The molecule has 1 saturated heterocycles. The number of anilines is 2. The fraction of sp³-hybridized carbons (Fsp3) is 0.192. The number of hydrogen-bond acceptors (Lipinski definition) is 6. The van der Waals surface area contributed by atoms with E-state index in [1.165, 1.54) is 31.4 Å². The molecule has 1 fully saturated rings. The van der Waals surface area contributed by atoms with Crippen LogP contribution in [0.15, 0.2) is 83.9 Å². The molecule has 0 spiro atoms. The standard InChI is InChI=1S/C26H22F3N3O4S/c1-35-21-10-6-5-9-20(21)32-23(33)15-22(24(32)34)37-25(30-16-17-7-3-2-4-8-17)31-18-11-13-19(14-12-18)36-26(27,28)29/h2-14,22H,15-16H2,1H3,(H,30,31)/t22-/m0/s1. The molecule has 3 aromatic carbocycles. The van der Waals surface area contributed by atoms with Gasteiger partial charge in [0.15, 0.2) is 5.17 Å². The van der Waals surface area contributed by atoms with Gasteiger partial charge in [0.1, 0.15) is 16.7 Å². The third-order valence-corrected chi connectivity index (χ3v) is 6.38. The second kappa shape index (κ2) is 11.4. The van der Waals surface area contributed by atoms with Crippen LogP contribution in [0, 0.1) is 0 Å². The van der Waals surface area contributed by atoms with E-state index in [1.807, 2.05) is 30.3 Å². The van der Waals surface area contributed by atoms with Gasteiger partial charge in [0.05, 0.1) is 19.3 Å². The number of nitrogens with one attached hydrogen (secondary N) is 1. The highest BCUT2D eigenvalue weighted by molar-refractivity contribution is 8.15. The number of hydrogen-bond donors (Lipinski definition) is 1. The quantitative estimate of drug-likeness (QED) is 0.243. The second-order valence-electron chi connectivity index (χ2n) is 7.85. The number of carbonyl (C=O) groups excluding carboxylic acids is 2. The number of imide groups is 1. The van der Waals surface area contributed by atoms with E-state index in [9.17, 15) is 22.8 Å². The zero-order valence-corrected chi connectivity index (χ0v) is 20.4. The van der Waals surface area contributed by atoms with E-state index in [-0.39, 0.29) is 24.6 Å². The Bertz CT molecular complexity index is 1280. The Labute approximate surface area is 215 Å². The number of para-hydroxylation sites is 2. The molecule has 3 aromatic rings. The zero-order chi connectivity index (χ0) is 26.4. The summed E-state index contributed by atoms with van der Waals surface area (Å²) in [5.74, 6) is -0.754. The maximum absolute atomic E-state index is 13.2. The molecule has 0 bridgehead atoms. The topological polar surface area (TPSA) is 80.2 Å². The number of thioether (sulfide) groups is 1. The molecule has 1 N–H and O–H groups in total. The van der Waals surface area contributed by atoms with Crippen molar-refractivity contribution >= 4 is 40.1 Å². The van der Waals surface area contributed by atoms with E-state index in [0.717, 1.165) is 22.2 Å². The minimum absolute atomic E-state index is 0.0497. The summed E-state index contributed by atoms with van der Waals surface area (Å²) in [6, 6.07) is 21.3. The largest absolute Gasteiger partial charge is 0.573 e. The first kappa shape index (κ1) is 26.1. The van der Waals surface area contributed by atoms with Gasteiger partial charge >= 0.3 is 6.36 Å². The summed E-state index contributed by atoms with van der Waals surface area (Å²) in [5, 5.41) is 2.63. The molecule has 1 heterocycles. The van der Waals surface area contributed by atoms with Gasteiger partial charge in [0.2, 0.25) is 11.8 Å². The van der Waals surface area contributed by atoms with Crippen LogP contribution in [0.3, 0.4) is 0 Å². The first-order chi connectivity index (χ1) is 17.7. The molecule has 37 heavy (non-hydrogen) atoms. The molecule has 0 aromatic heterocycles. The number of amidine groups is 1. The number of benzene rings is 3. The van der Waals surface area contributed by atoms with Crippen molar-refractivity contribution in [2.45, 2.75) is 24.6 Å². The van der Waals surface area contributed by atoms with Gasteiger partial charge in [-0.1, -0.05) is 54.2 Å². The smallest absolute Gasteiger partial charge is 0.495 e. The summed E-state index contributed by atoms with van der Waals surface area (Å²) in [7, 11) is 1.46. The minimum atomic E-state index is -4.80. The molecule has 0 radical (unpaired) electrons. The van der Waals surface area contributed by atoms with Crippen LogP contribution in [0.1, 0.15) is 12.0 Å². The summed E-state index contributed by atoms with van der Waals surface area (Å²) >= 11 is 1.08. The third kappa shape index (κ3) is 6.82. The fourth-order valence-corrected chi connectivity index (χ4v) is 4.63. The van der Waals surface area contributed by atoms with Gasteiger partial charge in [0.25, 0.3) is 0 Å². The van der Waals surface area contributed by atoms with Crippen molar-refractivity contribution in [3.63, 3.8) is 0 Å². The first-order valence-electron chi connectivity index (χ1n) is 11.1. The highest BCUT2D eigenvalue weighted by atomic mass is 32.2. The van der Waals surface area contributed by atoms with E-state index in [2.05, 4.69) is 15.0 Å². The number of carbonyl (C=O) groups is 2. The number of methoxy groups -OCH3 is 1. The van der Waals surface area contributed by atoms with E-state index >= 15 is 0 Å². The van der Waals surface area contributed by atoms with Crippen LogP contribution in [0.5, 0.6) is 11.5 Å². The normalized spacial score (nSPS) is 16.2. The maximum Gasteiger partial charge on any atom is 0.573 e. The van der Waals surface area contributed by atoms with E-state index in [1.54, 1.807) is 24.3 Å². The molecule has 0 aliphatic carbocycles. The number of ether oxygens (including phenoxy) is 2. The Kier molecular flexibility index (Phi) is 8.02. The first-order valence-corrected chi connectivity index (χ1v) is 12.0. The number of amides is 2. The van der Waals surface area contributed by atoms with Gasteiger partial charge in [-0.25, -0.2) is 4.90 Å². The van der Waals surface area contributed by atoms with Crippen molar-refractivity contribution in [2.24, 2.45) is 4.99 Å². The van der Waals surface area contributed by atoms with Gasteiger partial charge in [-0.3, -0.25) is 14.6 Å². The molecule has 0 unspecified atom stereocenters. The van der Waals surface area contributed by atoms with Gasteiger partial charge in [0, 0.05) is 12.1 Å². The number of aliphatic imine (C=N–C) groups is 1. The lowest BCUT2D eigenvalue weighted by Crippen LogP contribution is -2.32. The molecule has 0 saturated carbocycles. The zero-order valence-electron chi connectivity index (χ0n) is 19.6. The summed E-state index contributed by atoms with van der Waals surface area (Å²) < 4.78 is 46.7. The maximum atomic E-state index is 13.2. The average Bonchev–Trinajstić information content (AvgIpc) is 3.15. The Morgan fingerprint density at radius 1 is 1.03 bits per heavy atom. The molecule has 2 amide bonds. The number of halogens is 3. The van der Waals surface area contributed by atoms with Crippen LogP contribution in [0.2, 0.25) is 0 Å². The van der Waals surface area contributed by atoms with E-state index in [0.29, 0.717) is 22.3 Å². The van der Waals surface area contributed by atoms with Gasteiger partial charge in [-0.15, -0.1) is 13.2 Å². The van der Waals surface area contributed by atoms with Crippen molar-refractivity contribution in [1.82, 2.24) is 0 Å². The van der Waals surface area contributed by atoms with Crippen LogP contribution >= 0.6 is 11.8 Å².